The maximum atomic E-state index is 12.3. The molecule has 28 heavy (non-hydrogen) atoms. The summed E-state index contributed by atoms with van der Waals surface area (Å²) in [5.74, 6) is 1.29. The largest absolute Gasteiger partial charge is 0.378 e. The van der Waals surface area contributed by atoms with Crippen LogP contribution in [0.25, 0.3) is 5.82 Å². The van der Waals surface area contributed by atoms with Crippen molar-refractivity contribution < 1.29 is 9.53 Å². The van der Waals surface area contributed by atoms with Crippen LogP contribution in [0.15, 0.2) is 49.4 Å². The van der Waals surface area contributed by atoms with Crippen LogP contribution in [0.3, 0.4) is 0 Å². The topological polar surface area (TPSA) is 98.1 Å². The van der Waals surface area contributed by atoms with Crippen LogP contribution in [0, 0.1) is 0 Å². The van der Waals surface area contributed by atoms with Crippen LogP contribution in [0.1, 0.15) is 16.1 Å². The number of hydrogen-bond acceptors (Lipinski definition) is 7. The van der Waals surface area contributed by atoms with E-state index in [2.05, 4.69) is 30.2 Å². The Morgan fingerprint density at radius 3 is 2.86 bits per heavy atom. The highest BCUT2D eigenvalue weighted by molar-refractivity contribution is 5.92. The van der Waals surface area contributed by atoms with E-state index >= 15 is 0 Å². The Kier molecular flexibility index (Phi) is 5.53. The van der Waals surface area contributed by atoms with Crippen molar-refractivity contribution in [3.8, 4) is 5.82 Å². The number of carbonyl (C=O) groups is 1. The first kappa shape index (κ1) is 18.1. The molecule has 1 amide bonds. The zero-order valence-corrected chi connectivity index (χ0v) is 15.4. The third kappa shape index (κ3) is 4.32. The molecule has 3 aromatic heterocycles. The molecule has 1 aliphatic heterocycles. The number of carbonyl (C=O) groups excluding carboxylic acids is 1. The highest BCUT2D eigenvalue weighted by Gasteiger charge is 2.15. The van der Waals surface area contributed by atoms with Crippen LogP contribution in [0.5, 0.6) is 0 Å². The molecule has 0 unspecified atom stereocenters. The van der Waals surface area contributed by atoms with Gasteiger partial charge in [-0.05, 0) is 18.1 Å². The SMILES string of the molecule is O=C(NCCc1cccnc1)c1cn(-c2cc(N3CCOCC3)ncn2)cn1. The van der Waals surface area contributed by atoms with Gasteiger partial charge in [-0.3, -0.25) is 14.3 Å². The van der Waals surface area contributed by atoms with Gasteiger partial charge in [0.05, 0.1) is 13.2 Å². The number of ether oxygens (including phenoxy) is 1. The van der Waals surface area contributed by atoms with Crippen LogP contribution in [0.2, 0.25) is 0 Å². The fourth-order valence-corrected chi connectivity index (χ4v) is 2.97. The number of hydrogen-bond donors (Lipinski definition) is 1. The van der Waals surface area contributed by atoms with Gasteiger partial charge in [0, 0.05) is 44.3 Å². The third-order valence-corrected chi connectivity index (χ3v) is 4.48. The Morgan fingerprint density at radius 2 is 2.04 bits per heavy atom. The van der Waals surface area contributed by atoms with E-state index in [9.17, 15) is 4.79 Å². The van der Waals surface area contributed by atoms with Crippen LogP contribution >= 0.6 is 0 Å². The van der Waals surface area contributed by atoms with Crippen LogP contribution in [0.4, 0.5) is 5.82 Å². The molecule has 0 aliphatic carbocycles. The summed E-state index contributed by atoms with van der Waals surface area (Å²) < 4.78 is 7.10. The highest BCUT2D eigenvalue weighted by Crippen LogP contribution is 2.15. The lowest BCUT2D eigenvalue weighted by Gasteiger charge is -2.27. The van der Waals surface area contributed by atoms with Crippen LogP contribution < -0.4 is 10.2 Å². The number of amides is 1. The lowest BCUT2D eigenvalue weighted by atomic mass is 10.2. The second-order valence-electron chi connectivity index (χ2n) is 6.37. The molecule has 4 heterocycles. The van der Waals surface area contributed by atoms with E-state index < -0.39 is 0 Å². The number of nitrogens with zero attached hydrogens (tertiary/aromatic N) is 6. The van der Waals surface area contributed by atoms with Gasteiger partial charge in [-0.2, -0.15) is 0 Å². The third-order valence-electron chi connectivity index (χ3n) is 4.48. The predicted molar refractivity (Wildman–Crippen MR) is 102 cm³/mol. The molecule has 4 rings (SSSR count). The number of aromatic nitrogens is 5. The first-order valence-electron chi connectivity index (χ1n) is 9.16. The molecule has 9 nitrogen and oxygen atoms in total. The Morgan fingerprint density at radius 1 is 1.18 bits per heavy atom. The highest BCUT2D eigenvalue weighted by atomic mass is 16.5. The zero-order chi connectivity index (χ0) is 19.2. The fourth-order valence-electron chi connectivity index (χ4n) is 2.97. The van der Waals surface area contributed by atoms with E-state index in [0.29, 0.717) is 31.3 Å². The lowest BCUT2D eigenvalue weighted by molar-refractivity contribution is 0.0949. The van der Waals surface area contributed by atoms with Crippen molar-refractivity contribution in [2.24, 2.45) is 0 Å². The van der Waals surface area contributed by atoms with Crippen molar-refractivity contribution in [1.29, 1.82) is 0 Å². The summed E-state index contributed by atoms with van der Waals surface area (Å²) in [6, 6.07) is 5.75. The Hall–Kier alpha value is -3.33. The van der Waals surface area contributed by atoms with Gasteiger partial charge in [0.25, 0.3) is 5.91 Å². The molecule has 0 saturated carbocycles. The standard InChI is InChI=1S/C19H21N7O2/c27-19(21-5-3-15-2-1-4-20-11-15)16-12-26(14-24-16)18-10-17(22-13-23-18)25-6-8-28-9-7-25/h1-2,4,10-14H,3,5-9H2,(H,21,27). The number of imidazole rings is 1. The number of morpholine rings is 1. The molecule has 1 N–H and O–H groups in total. The molecule has 3 aromatic rings. The summed E-state index contributed by atoms with van der Waals surface area (Å²) in [7, 11) is 0. The molecular weight excluding hydrogens is 358 g/mol. The molecule has 9 heteroatoms. The Balaban J connectivity index is 1.39. The molecule has 0 aromatic carbocycles. The average molecular weight is 379 g/mol. The molecule has 0 bridgehead atoms. The second kappa shape index (κ2) is 8.57. The van der Waals surface area contributed by atoms with Gasteiger partial charge >= 0.3 is 0 Å². The van der Waals surface area contributed by atoms with Crippen molar-refractivity contribution in [3.63, 3.8) is 0 Å². The quantitative estimate of drug-likeness (QED) is 0.678. The van der Waals surface area contributed by atoms with Gasteiger partial charge in [-0.15, -0.1) is 0 Å². The molecule has 1 saturated heterocycles. The summed E-state index contributed by atoms with van der Waals surface area (Å²) in [5.41, 5.74) is 1.42. The summed E-state index contributed by atoms with van der Waals surface area (Å²) in [5, 5.41) is 2.88. The lowest BCUT2D eigenvalue weighted by Crippen LogP contribution is -2.36. The van der Waals surface area contributed by atoms with E-state index in [1.165, 1.54) is 6.33 Å². The van der Waals surface area contributed by atoms with Crippen LogP contribution in [-0.4, -0.2) is 63.3 Å². The van der Waals surface area contributed by atoms with Crippen molar-refractivity contribution in [3.05, 3.63) is 60.7 Å². The van der Waals surface area contributed by atoms with Gasteiger partial charge < -0.3 is 15.0 Å². The number of anilines is 1. The summed E-state index contributed by atoms with van der Waals surface area (Å²) in [6.45, 7) is 3.49. The normalized spacial score (nSPS) is 14.1. The van der Waals surface area contributed by atoms with Crippen molar-refractivity contribution in [2.75, 3.05) is 37.7 Å². The molecular formula is C19H21N7O2. The second-order valence-corrected chi connectivity index (χ2v) is 6.37. The molecule has 0 spiro atoms. The van der Waals surface area contributed by atoms with Crippen molar-refractivity contribution >= 4 is 11.7 Å². The molecule has 144 valence electrons. The Bertz CT molecular complexity index is 923. The fraction of sp³-hybridized carbons (Fsp3) is 0.316. The smallest absolute Gasteiger partial charge is 0.271 e. The van der Waals surface area contributed by atoms with E-state index in [4.69, 9.17) is 4.74 Å². The van der Waals surface area contributed by atoms with E-state index in [-0.39, 0.29) is 5.91 Å². The maximum absolute atomic E-state index is 12.3. The van der Waals surface area contributed by atoms with Crippen molar-refractivity contribution in [2.45, 2.75) is 6.42 Å². The van der Waals surface area contributed by atoms with E-state index in [1.807, 2.05) is 18.2 Å². The molecule has 0 atom stereocenters. The van der Waals surface area contributed by atoms with Gasteiger partial charge in [0.15, 0.2) is 0 Å². The number of nitrogens with one attached hydrogen (secondary N) is 1. The minimum atomic E-state index is -0.218. The zero-order valence-electron chi connectivity index (χ0n) is 15.4. The van der Waals surface area contributed by atoms with E-state index in [1.54, 1.807) is 29.5 Å². The monoisotopic (exact) mass is 379 g/mol. The minimum absolute atomic E-state index is 0.218. The number of pyridine rings is 1. The van der Waals surface area contributed by atoms with E-state index in [0.717, 1.165) is 30.9 Å². The molecule has 1 aliphatic rings. The Labute approximate surface area is 162 Å². The van der Waals surface area contributed by atoms with Gasteiger partial charge in [0.1, 0.15) is 30.0 Å². The van der Waals surface area contributed by atoms with Gasteiger partial charge in [0.2, 0.25) is 0 Å². The molecule has 1 fully saturated rings. The van der Waals surface area contributed by atoms with Crippen LogP contribution in [-0.2, 0) is 11.2 Å². The minimum Gasteiger partial charge on any atom is -0.378 e. The summed E-state index contributed by atoms with van der Waals surface area (Å²) in [6.07, 6.45) is 9.02. The maximum Gasteiger partial charge on any atom is 0.271 e. The van der Waals surface area contributed by atoms with Gasteiger partial charge in [-0.25, -0.2) is 15.0 Å². The summed E-state index contributed by atoms with van der Waals surface area (Å²) >= 11 is 0. The first-order chi connectivity index (χ1) is 13.8. The predicted octanol–water partition coefficient (Wildman–Crippen LogP) is 0.866. The summed E-state index contributed by atoms with van der Waals surface area (Å²) in [4.78, 5) is 31.4. The first-order valence-corrected chi connectivity index (χ1v) is 9.16. The van der Waals surface area contributed by atoms with Gasteiger partial charge in [-0.1, -0.05) is 6.07 Å². The molecule has 0 radical (unpaired) electrons. The number of rotatable bonds is 6. The van der Waals surface area contributed by atoms with Crippen molar-refractivity contribution in [1.82, 2.24) is 29.8 Å². The average Bonchev–Trinajstić information content (AvgIpc) is 3.26.